The van der Waals surface area contributed by atoms with Gasteiger partial charge in [-0.15, -0.1) is 0 Å². The summed E-state index contributed by atoms with van der Waals surface area (Å²) >= 11 is 14.0. The van der Waals surface area contributed by atoms with Crippen molar-refractivity contribution in [2.75, 3.05) is 5.32 Å². The summed E-state index contributed by atoms with van der Waals surface area (Å²) in [7, 11) is 0. The van der Waals surface area contributed by atoms with Crippen molar-refractivity contribution in [2.24, 2.45) is 0 Å². The van der Waals surface area contributed by atoms with Crippen LogP contribution in [0.2, 0.25) is 10.2 Å². The van der Waals surface area contributed by atoms with Gasteiger partial charge in [0.15, 0.2) is 0 Å². The minimum atomic E-state index is 0.420. The number of nitrogens with zero attached hydrogens (tertiary/aromatic N) is 2. The van der Waals surface area contributed by atoms with Gasteiger partial charge in [-0.1, -0.05) is 23.2 Å². The van der Waals surface area contributed by atoms with E-state index in [1.165, 1.54) is 0 Å². The lowest BCUT2D eigenvalue weighted by atomic mass is 10.3. The smallest absolute Gasteiger partial charge is 0.135 e. The summed E-state index contributed by atoms with van der Waals surface area (Å²) in [4.78, 5) is 8.25. The molecule has 0 fully saturated rings. The Bertz CT molecular complexity index is 540. The number of nitrogens with one attached hydrogen (secondary N) is 1. The Labute approximate surface area is 123 Å². The maximum atomic E-state index is 5.89. The third-order valence-electron chi connectivity index (χ3n) is 2.00. The number of aromatic nitrogens is 2. The zero-order valence-electron chi connectivity index (χ0n) is 8.84. The molecule has 1 heterocycles. The van der Waals surface area contributed by atoms with Gasteiger partial charge in [0.05, 0.1) is 5.69 Å². The minimum Gasteiger partial charge on any atom is -0.339 e. The average molecular weight is 380 g/mol. The van der Waals surface area contributed by atoms with E-state index in [2.05, 4.69) is 37.9 Å². The fourth-order valence-electron chi connectivity index (χ4n) is 1.32. The quantitative estimate of drug-likeness (QED) is 0.619. The van der Waals surface area contributed by atoms with Crippen molar-refractivity contribution in [2.45, 2.75) is 6.92 Å². The molecule has 88 valence electrons. The van der Waals surface area contributed by atoms with Gasteiger partial charge in [-0.25, -0.2) is 9.97 Å². The number of anilines is 2. The van der Waals surface area contributed by atoms with Crippen molar-refractivity contribution in [3.63, 3.8) is 0 Å². The lowest BCUT2D eigenvalue weighted by molar-refractivity contribution is 1.06. The summed E-state index contributed by atoms with van der Waals surface area (Å²) in [6, 6.07) is 7.27. The molecule has 0 unspecified atom stereocenters. The molecule has 3 nitrogen and oxygen atoms in total. The standard InChI is InChI=1S/C11H8Cl2IN3/c1-6-15-10(13)5-11(16-6)17-9-3-2-7(12)4-8(9)14/h2-5H,1H3,(H,15,16,17). The van der Waals surface area contributed by atoms with Crippen molar-refractivity contribution < 1.29 is 0 Å². The van der Waals surface area contributed by atoms with Gasteiger partial charge in [-0.2, -0.15) is 0 Å². The second kappa shape index (κ2) is 5.37. The molecule has 0 saturated carbocycles. The zero-order valence-corrected chi connectivity index (χ0v) is 12.5. The van der Waals surface area contributed by atoms with E-state index in [4.69, 9.17) is 23.2 Å². The predicted molar refractivity (Wildman–Crippen MR) is 79.2 cm³/mol. The highest BCUT2D eigenvalue weighted by Crippen LogP contribution is 2.25. The zero-order chi connectivity index (χ0) is 12.4. The Balaban J connectivity index is 2.31. The maximum Gasteiger partial charge on any atom is 0.135 e. The summed E-state index contributed by atoms with van der Waals surface area (Å²) in [5, 5.41) is 4.31. The molecule has 0 aliphatic rings. The molecule has 2 rings (SSSR count). The van der Waals surface area contributed by atoms with Crippen LogP contribution in [0.3, 0.4) is 0 Å². The van der Waals surface area contributed by atoms with E-state index in [1.54, 1.807) is 13.0 Å². The van der Waals surface area contributed by atoms with E-state index in [9.17, 15) is 0 Å². The number of hydrogen-bond donors (Lipinski definition) is 1. The molecule has 0 aliphatic heterocycles. The van der Waals surface area contributed by atoms with Crippen LogP contribution in [0, 0.1) is 10.5 Å². The van der Waals surface area contributed by atoms with Gasteiger partial charge in [-0.3, -0.25) is 0 Å². The van der Waals surface area contributed by atoms with E-state index in [0.717, 1.165) is 9.26 Å². The SMILES string of the molecule is Cc1nc(Cl)cc(Nc2ccc(Cl)cc2I)n1. The predicted octanol–water partition coefficient (Wildman–Crippen LogP) is 4.44. The molecule has 0 radical (unpaired) electrons. The van der Waals surface area contributed by atoms with E-state index in [-0.39, 0.29) is 0 Å². The Hall–Kier alpha value is -0.590. The van der Waals surface area contributed by atoms with Crippen LogP contribution in [0.5, 0.6) is 0 Å². The van der Waals surface area contributed by atoms with Crippen molar-refractivity contribution in [3.05, 3.63) is 43.8 Å². The number of benzene rings is 1. The number of aryl methyl sites for hydroxylation is 1. The van der Waals surface area contributed by atoms with Crippen LogP contribution in [0.1, 0.15) is 5.82 Å². The van der Waals surface area contributed by atoms with Gasteiger partial charge in [0.2, 0.25) is 0 Å². The molecule has 6 heteroatoms. The van der Waals surface area contributed by atoms with Crippen LogP contribution in [0.4, 0.5) is 11.5 Å². The summed E-state index contributed by atoms with van der Waals surface area (Å²) in [6.45, 7) is 1.80. The number of rotatable bonds is 2. The molecular weight excluding hydrogens is 372 g/mol. The van der Waals surface area contributed by atoms with Crippen LogP contribution in [0.15, 0.2) is 24.3 Å². The summed E-state index contributed by atoms with van der Waals surface area (Å²) in [5.41, 5.74) is 0.934. The van der Waals surface area contributed by atoms with Gasteiger partial charge in [0, 0.05) is 14.7 Å². The minimum absolute atomic E-state index is 0.420. The summed E-state index contributed by atoms with van der Waals surface area (Å²) < 4.78 is 1.02. The molecule has 17 heavy (non-hydrogen) atoms. The molecule has 0 saturated heterocycles. The number of hydrogen-bond acceptors (Lipinski definition) is 3. The second-order valence-electron chi connectivity index (χ2n) is 3.37. The Morgan fingerprint density at radius 2 is 1.94 bits per heavy atom. The third kappa shape index (κ3) is 3.43. The van der Waals surface area contributed by atoms with Gasteiger partial charge in [0.25, 0.3) is 0 Å². The van der Waals surface area contributed by atoms with Crippen molar-refractivity contribution in [1.82, 2.24) is 9.97 Å². The Morgan fingerprint density at radius 1 is 1.18 bits per heavy atom. The van der Waals surface area contributed by atoms with Crippen LogP contribution in [-0.2, 0) is 0 Å². The van der Waals surface area contributed by atoms with Crippen LogP contribution < -0.4 is 5.32 Å². The molecule has 0 spiro atoms. The summed E-state index contributed by atoms with van der Waals surface area (Å²) in [6.07, 6.45) is 0. The van der Waals surface area contributed by atoms with Crippen LogP contribution in [0.25, 0.3) is 0 Å². The second-order valence-corrected chi connectivity index (χ2v) is 5.36. The van der Waals surface area contributed by atoms with Crippen LogP contribution in [-0.4, -0.2) is 9.97 Å². The molecule has 0 bridgehead atoms. The van der Waals surface area contributed by atoms with E-state index < -0.39 is 0 Å². The molecule has 0 amide bonds. The maximum absolute atomic E-state index is 5.89. The molecule has 1 aromatic carbocycles. The van der Waals surface area contributed by atoms with Gasteiger partial charge in [-0.05, 0) is 47.7 Å². The highest BCUT2D eigenvalue weighted by molar-refractivity contribution is 14.1. The van der Waals surface area contributed by atoms with Crippen molar-refractivity contribution >= 4 is 57.3 Å². The molecule has 2 aromatic rings. The van der Waals surface area contributed by atoms with Gasteiger partial charge >= 0.3 is 0 Å². The van der Waals surface area contributed by atoms with E-state index in [0.29, 0.717) is 21.8 Å². The molecule has 0 aliphatic carbocycles. The molecule has 1 aromatic heterocycles. The Morgan fingerprint density at radius 3 is 2.59 bits per heavy atom. The van der Waals surface area contributed by atoms with Gasteiger partial charge < -0.3 is 5.32 Å². The topological polar surface area (TPSA) is 37.8 Å². The first-order valence-electron chi connectivity index (χ1n) is 4.78. The van der Waals surface area contributed by atoms with Gasteiger partial charge in [0.1, 0.15) is 16.8 Å². The summed E-state index contributed by atoms with van der Waals surface area (Å²) in [5.74, 6) is 1.30. The van der Waals surface area contributed by atoms with E-state index >= 15 is 0 Å². The largest absolute Gasteiger partial charge is 0.339 e. The van der Waals surface area contributed by atoms with Crippen LogP contribution >= 0.6 is 45.8 Å². The molecule has 1 N–H and O–H groups in total. The third-order valence-corrected chi connectivity index (χ3v) is 3.32. The Kier molecular flexibility index (Phi) is 4.06. The fourth-order valence-corrected chi connectivity index (χ4v) is 2.56. The normalized spacial score (nSPS) is 10.4. The highest BCUT2D eigenvalue weighted by atomic mass is 127. The molecule has 0 atom stereocenters. The van der Waals surface area contributed by atoms with Crippen molar-refractivity contribution in [3.8, 4) is 0 Å². The monoisotopic (exact) mass is 379 g/mol. The lowest BCUT2D eigenvalue weighted by Crippen LogP contribution is -1.98. The first-order chi connectivity index (χ1) is 8.04. The first-order valence-corrected chi connectivity index (χ1v) is 6.61. The fraction of sp³-hybridized carbons (Fsp3) is 0.0909. The number of halogens is 3. The molecular formula is C11H8Cl2IN3. The van der Waals surface area contributed by atoms with Crippen molar-refractivity contribution in [1.29, 1.82) is 0 Å². The van der Waals surface area contributed by atoms with E-state index in [1.807, 2.05) is 18.2 Å². The lowest BCUT2D eigenvalue weighted by Gasteiger charge is -2.08. The highest BCUT2D eigenvalue weighted by Gasteiger charge is 2.04. The first kappa shape index (κ1) is 12.9. The average Bonchev–Trinajstić information content (AvgIpc) is 2.21.